The number of hydrogen-bond donors (Lipinski definition) is 0. The van der Waals surface area contributed by atoms with Gasteiger partial charge >= 0.3 is 6.61 Å². The van der Waals surface area contributed by atoms with Gasteiger partial charge in [0.25, 0.3) is 0 Å². The topological polar surface area (TPSA) is 21.7 Å². The average molecular weight is 470 g/mol. The van der Waals surface area contributed by atoms with Crippen LogP contribution in [-0.2, 0) is 0 Å². The molecular weight excluding hydrogens is 444 g/mol. The van der Waals surface area contributed by atoms with E-state index < -0.39 is 6.61 Å². The van der Waals surface area contributed by atoms with Gasteiger partial charge in [-0.15, -0.1) is 0 Å². The van der Waals surface area contributed by atoms with Crippen LogP contribution in [0, 0.1) is 5.92 Å². The number of ether oxygens (including phenoxy) is 2. The van der Waals surface area contributed by atoms with Gasteiger partial charge < -0.3 is 14.4 Å². The minimum Gasteiger partial charge on any atom is -0.480 e. The fraction of sp³-hybridized carbons (Fsp3) is 0.200. The Morgan fingerprint density at radius 2 is 1.57 bits per heavy atom. The first kappa shape index (κ1) is 21.7. The first-order chi connectivity index (χ1) is 17.2. The van der Waals surface area contributed by atoms with E-state index in [1.807, 2.05) is 60.7 Å². The van der Waals surface area contributed by atoms with Crippen molar-refractivity contribution in [2.75, 3.05) is 11.4 Å². The van der Waals surface area contributed by atoms with Crippen LogP contribution in [0.15, 0.2) is 97.1 Å². The molecule has 176 valence electrons. The van der Waals surface area contributed by atoms with E-state index in [9.17, 15) is 8.78 Å². The monoisotopic (exact) mass is 469 g/mol. The summed E-state index contributed by atoms with van der Waals surface area (Å²) in [6.07, 6.45) is 2.12. The summed E-state index contributed by atoms with van der Waals surface area (Å²) in [5.74, 6) is 1.34. The minimum absolute atomic E-state index is 0.121. The van der Waals surface area contributed by atoms with Crippen molar-refractivity contribution in [3.63, 3.8) is 0 Å². The van der Waals surface area contributed by atoms with E-state index in [-0.39, 0.29) is 11.9 Å². The van der Waals surface area contributed by atoms with Gasteiger partial charge in [-0.3, -0.25) is 0 Å². The third kappa shape index (κ3) is 4.34. The number of hydrogen-bond acceptors (Lipinski definition) is 3. The fourth-order valence-corrected chi connectivity index (χ4v) is 4.82. The van der Waals surface area contributed by atoms with Crippen LogP contribution in [0.2, 0.25) is 0 Å². The van der Waals surface area contributed by atoms with E-state index in [0.717, 1.165) is 34.6 Å². The molecule has 1 heterocycles. The van der Waals surface area contributed by atoms with Crippen molar-refractivity contribution in [1.29, 1.82) is 0 Å². The summed E-state index contributed by atoms with van der Waals surface area (Å²) < 4.78 is 37.8. The first-order valence-electron chi connectivity index (χ1n) is 11.9. The van der Waals surface area contributed by atoms with E-state index >= 15 is 0 Å². The standard InChI is InChI=1S/C30H25F2NO2/c31-30(32)35-27-13-7-12-26-28(27)24-17-16-23(18-25(24)29(34-26)21-8-3-1-4-9-21)33(19-20-14-15-20)22-10-5-2-6-11-22/h1-13,16-18,20,29-30H,14-15,19H2. The molecule has 2 aliphatic rings. The molecule has 35 heavy (non-hydrogen) atoms. The number of anilines is 2. The molecule has 0 N–H and O–H groups in total. The summed E-state index contributed by atoms with van der Waals surface area (Å²) in [5, 5.41) is 0. The van der Waals surface area contributed by atoms with E-state index in [0.29, 0.717) is 17.2 Å². The lowest BCUT2D eigenvalue weighted by Gasteiger charge is -2.32. The van der Waals surface area contributed by atoms with Crippen molar-refractivity contribution in [1.82, 2.24) is 0 Å². The largest absolute Gasteiger partial charge is 0.480 e. The number of nitrogens with zero attached hydrogens (tertiary/aromatic N) is 1. The van der Waals surface area contributed by atoms with Gasteiger partial charge in [0.2, 0.25) is 0 Å². The Hall–Kier alpha value is -3.86. The maximum Gasteiger partial charge on any atom is 0.387 e. The van der Waals surface area contributed by atoms with Crippen LogP contribution >= 0.6 is 0 Å². The van der Waals surface area contributed by atoms with Crippen molar-refractivity contribution in [2.24, 2.45) is 5.92 Å². The molecule has 1 aliphatic heterocycles. The molecule has 4 aromatic rings. The lowest BCUT2D eigenvalue weighted by molar-refractivity contribution is -0.0496. The Morgan fingerprint density at radius 1 is 0.829 bits per heavy atom. The second-order valence-corrected chi connectivity index (χ2v) is 9.08. The minimum atomic E-state index is -2.91. The van der Waals surface area contributed by atoms with Crippen LogP contribution in [0.5, 0.6) is 11.5 Å². The van der Waals surface area contributed by atoms with Crippen LogP contribution in [0.25, 0.3) is 11.1 Å². The van der Waals surface area contributed by atoms with Gasteiger partial charge in [-0.05, 0) is 66.3 Å². The molecule has 1 fully saturated rings. The number of halogens is 2. The maximum absolute atomic E-state index is 13.2. The predicted molar refractivity (Wildman–Crippen MR) is 134 cm³/mol. The number of para-hydroxylation sites is 1. The van der Waals surface area contributed by atoms with Crippen molar-refractivity contribution >= 4 is 11.4 Å². The lowest BCUT2D eigenvalue weighted by Crippen LogP contribution is -2.21. The van der Waals surface area contributed by atoms with Gasteiger partial charge in [0.05, 0.1) is 5.56 Å². The van der Waals surface area contributed by atoms with E-state index in [1.54, 1.807) is 12.1 Å². The summed E-state index contributed by atoms with van der Waals surface area (Å²) in [7, 11) is 0. The molecular formula is C30H25F2NO2. The highest BCUT2D eigenvalue weighted by Crippen LogP contribution is 2.50. The molecule has 0 saturated heterocycles. The zero-order valence-electron chi connectivity index (χ0n) is 19.1. The van der Waals surface area contributed by atoms with Crippen LogP contribution in [-0.4, -0.2) is 13.2 Å². The van der Waals surface area contributed by atoms with Crippen LogP contribution < -0.4 is 14.4 Å². The highest BCUT2D eigenvalue weighted by atomic mass is 19.3. The van der Waals surface area contributed by atoms with E-state index in [1.165, 1.54) is 12.8 Å². The molecule has 4 aromatic carbocycles. The van der Waals surface area contributed by atoms with Gasteiger partial charge in [0, 0.05) is 23.5 Å². The Labute approximate surface area is 203 Å². The Morgan fingerprint density at radius 3 is 2.29 bits per heavy atom. The Kier molecular flexibility index (Phi) is 5.61. The molecule has 1 atom stereocenters. The number of rotatable bonds is 7. The number of alkyl halides is 2. The molecule has 0 radical (unpaired) electrons. The third-order valence-electron chi connectivity index (χ3n) is 6.66. The van der Waals surface area contributed by atoms with Gasteiger partial charge in [0.1, 0.15) is 17.6 Å². The molecule has 0 spiro atoms. The Bertz CT molecular complexity index is 1320. The lowest BCUT2D eigenvalue weighted by atomic mass is 9.88. The zero-order valence-corrected chi connectivity index (χ0v) is 19.1. The summed E-state index contributed by atoms with van der Waals surface area (Å²) in [5.41, 5.74) is 5.54. The quantitative estimate of drug-likeness (QED) is 0.274. The zero-order chi connectivity index (χ0) is 23.8. The number of benzene rings is 4. The fourth-order valence-electron chi connectivity index (χ4n) is 4.82. The Balaban J connectivity index is 1.51. The molecule has 1 aliphatic carbocycles. The highest BCUT2D eigenvalue weighted by molar-refractivity contribution is 5.83. The molecule has 6 rings (SSSR count). The van der Waals surface area contributed by atoms with Crippen LogP contribution in [0.3, 0.4) is 0 Å². The van der Waals surface area contributed by atoms with E-state index in [4.69, 9.17) is 9.47 Å². The summed E-state index contributed by atoms with van der Waals surface area (Å²) in [4.78, 5) is 2.34. The molecule has 0 aromatic heterocycles. The van der Waals surface area contributed by atoms with Crippen LogP contribution in [0.4, 0.5) is 20.2 Å². The molecule has 0 bridgehead atoms. The normalized spacial score (nSPS) is 16.3. The number of fused-ring (bicyclic) bond motifs is 3. The van der Waals surface area contributed by atoms with Crippen molar-refractivity contribution in [3.8, 4) is 22.6 Å². The molecule has 3 nitrogen and oxygen atoms in total. The third-order valence-corrected chi connectivity index (χ3v) is 6.66. The second-order valence-electron chi connectivity index (χ2n) is 9.08. The van der Waals surface area contributed by atoms with Gasteiger partial charge in [-0.2, -0.15) is 8.78 Å². The smallest absolute Gasteiger partial charge is 0.387 e. The predicted octanol–water partition coefficient (Wildman–Crippen LogP) is 7.98. The second kappa shape index (κ2) is 9.06. The molecule has 1 unspecified atom stereocenters. The van der Waals surface area contributed by atoms with Gasteiger partial charge in [-0.25, -0.2) is 0 Å². The van der Waals surface area contributed by atoms with Gasteiger partial charge in [0.15, 0.2) is 0 Å². The van der Waals surface area contributed by atoms with Crippen molar-refractivity contribution in [2.45, 2.75) is 25.6 Å². The molecule has 1 saturated carbocycles. The summed E-state index contributed by atoms with van der Waals surface area (Å²) >= 11 is 0. The molecule has 0 amide bonds. The maximum atomic E-state index is 13.2. The summed E-state index contributed by atoms with van der Waals surface area (Å²) in [6, 6.07) is 31.7. The highest BCUT2D eigenvalue weighted by Gasteiger charge is 2.32. The first-order valence-corrected chi connectivity index (χ1v) is 11.9. The SMILES string of the molecule is FC(F)Oc1cccc2c1-c1ccc(N(CC3CC3)c3ccccc3)cc1C(c1ccccc1)O2. The van der Waals surface area contributed by atoms with Gasteiger partial charge in [-0.1, -0.05) is 60.7 Å². The molecule has 5 heteroatoms. The van der Waals surface area contributed by atoms with E-state index in [2.05, 4.69) is 29.2 Å². The van der Waals surface area contributed by atoms with Crippen molar-refractivity contribution < 1.29 is 18.3 Å². The van der Waals surface area contributed by atoms with Crippen LogP contribution in [0.1, 0.15) is 30.1 Å². The van der Waals surface area contributed by atoms with Crippen molar-refractivity contribution in [3.05, 3.63) is 108 Å². The summed E-state index contributed by atoms with van der Waals surface area (Å²) in [6.45, 7) is -1.97. The average Bonchev–Trinajstić information content (AvgIpc) is 3.71.